The van der Waals surface area contributed by atoms with Crippen molar-refractivity contribution in [2.24, 2.45) is 0 Å². The molecule has 1 heterocycles. The van der Waals surface area contributed by atoms with Crippen molar-refractivity contribution in [2.45, 2.75) is 11.4 Å². The van der Waals surface area contributed by atoms with E-state index in [0.29, 0.717) is 22.0 Å². The number of carbonyl (C=O) groups is 2. The van der Waals surface area contributed by atoms with Gasteiger partial charge < -0.3 is 10.4 Å². The molecule has 0 unspecified atom stereocenters. The fraction of sp³-hybridized carbons (Fsp3) is 0.0909. The first kappa shape index (κ1) is 20.1. The van der Waals surface area contributed by atoms with Crippen LogP contribution in [0.5, 0.6) is 0 Å². The second-order valence-corrected chi connectivity index (χ2v) is 7.14. The number of carbonyl (C=O) groups excluding carboxylic acids is 1. The minimum Gasteiger partial charge on any atom is -0.478 e. The number of hydrogen-bond donors (Lipinski definition) is 2. The Bertz CT molecular complexity index is 1060. The van der Waals surface area contributed by atoms with Gasteiger partial charge in [0.1, 0.15) is 11.1 Å². The predicted molar refractivity (Wildman–Crippen MR) is 112 cm³/mol. The molecule has 7 heteroatoms. The summed E-state index contributed by atoms with van der Waals surface area (Å²) in [5.41, 5.74) is 2.90. The summed E-state index contributed by atoms with van der Waals surface area (Å²) in [6.07, 6.45) is 0.230. The molecule has 1 aromatic heterocycles. The van der Waals surface area contributed by atoms with Crippen LogP contribution in [0.2, 0.25) is 0 Å². The minimum atomic E-state index is -1.02. The Balaban J connectivity index is 1.60. The van der Waals surface area contributed by atoms with E-state index in [0.717, 1.165) is 11.3 Å². The number of amides is 1. The molecule has 0 aliphatic carbocycles. The number of carboxylic acid groups (broad SMARTS) is 1. The number of hydrogen-bond acceptors (Lipinski definition) is 5. The molecule has 0 aliphatic heterocycles. The molecule has 6 nitrogen and oxygen atoms in total. The van der Waals surface area contributed by atoms with E-state index >= 15 is 0 Å². The van der Waals surface area contributed by atoms with Crippen LogP contribution in [-0.4, -0.2) is 27.7 Å². The lowest BCUT2D eigenvalue weighted by Gasteiger charge is -2.08. The van der Waals surface area contributed by atoms with Crippen LogP contribution >= 0.6 is 11.8 Å². The van der Waals surface area contributed by atoms with E-state index in [2.05, 4.69) is 16.4 Å². The van der Waals surface area contributed by atoms with Gasteiger partial charge in [-0.3, -0.25) is 4.79 Å². The Morgan fingerprint density at radius 2 is 1.76 bits per heavy atom. The van der Waals surface area contributed by atoms with Gasteiger partial charge in [0, 0.05) is 23.4 Å². The number of nitrogens with zero attached hydrogens (tertiary/aromatic N) is 2. The monoisotopic (exact) mass is 403 g/mol. The molecule has 0 atom stereocenters. The molecule has 0 spiro atoms. The second kappa shape index (κ2) is 9.53. The number of aromatic carboxylic acids is 1. The zero-order chi connectivity index (χ0) is 20.6. The Morgan fingerprint density at radius 3 is 2.41 bits per heavy atom. The molecule has 2 aromatic carbocycles. The average Bonchev–Trinajstić information content (AvgIpc) is 2.74. The van der Waals surface area contributed by atoms with Crippen LogP contribution in [-0.2, 0) is 4.79 Å². The minimum absolute atomic E-state index is 0.159. The Hall–Kier alpha value is -3.63. The van der Waals surface area contributed by atoms with Gasteiger partial charge in [-0.05, 0) is 36.4 Å². The maximum atomic E-state index is 12.1. The zero-order valence-electron chi connectivity index (χ0n) is 15.3. The zero-order valence-corrected chi connectivity index (χ0v) is 16.1. The number of thioether (sulfide) groups is 1. The summed E-state index contributed by atoms with van der Waals surface area (Å²) in [4.78, 5) is 27.6. The topological polar surface area (TPSA) is 103 Å². The maximum absolute atomic E-state index is 12.1. The lowest BCUT2D eigenvalue weighted by Crippen LogP contribution is -2.12. The third-order valence-electron chi connectivity index (χ3n) is 4.03. The van der Waals surface area contributed by atoms with Crippen molar-refractivity contribution in [3.8, 4) is 17.3 Å². The van der Waals surface area contributed by atoms with Gasteiger partial charge in [0.2, 0.25) is 5.91 Å². The number of rotatable bonds is 7. The van der Waals surface area contributed by atoms with Crippen molar-refractivity contribution < 1.29 is 14.7 Å². The lowest BCUT2D eigenvalue weighted by molar-refractivity contribution is -0.115. The summed E-state index contributed by atoms with van der Waals surface area (Å²) < 4.78 is 0. The molecule has 1 amide bonds. The molecule has 0 saturated carbocycles. The van der Waals surface area contributed by atoms with Gasteiger partial charge in [0.15, 0.2) is 0 Å². The number of aromatic nitrogens is 1. The maximum Gasteiger partial charge on any atom is 0.335 e. The van der Waals surface area contributed by atoms with Gasteiger partial charge in [-0.1, -0.05) is 30.3 Å². The standard InChI is InChI=1S/C22H17N3O3S/c23-14-17-8-11-19(15-4-2-1-3-5-15)25-21(17)29-13-12-20(26)24-18-9-6-16(7-10-18)22(27)28/h1-11H,12-13H2,(H,24,26)(H,27,28). The van der Waals surface area contributed by atoms with E-state index in [9.17, 15) is 14.9 Å². The van der Waals surface area contributed by atoms with E-state index < -0.39 is 5.97 Å². The van der Waals surface area contributed by atoms with Gasteiger partial charge in [-0.25, -0.2) is 9.78 Å². The SMILES string of the molecule is N#Cc1ccc(-c2ccccc2)nc1SCCC(=O)Nc1ccc(C(=O)O)cc1. The molecule has 29 heavy (non-hydrogen) atoms. The van der Waals surface area contributed by atoms with Crippen molar-refractivity contribution in [2.75, 3.05) is 11.1 Å². The molecule has 0 radical (unpaired) electrons. The van der Waals surface area contributed by atoms with Gasteiger partial charge in [0.05, 0.1) is 16.8 Å². The number of nitrogens with one attached hydrogen (secondary N) is 1. The molecule has 3 rings (SSSR count). The Labute approximate surface area is 172 Å². The van der Waals surface area contributed by atoms with Crippen molar-refractivity contribution in [1.29, 1.82) is 5.26 Å². The fourth-order valence-corrected chi connectivity index (χ4v) is 3.48. The smallest absolute Gasteiger partial charge is 0.335 e. The summed E-state index contributed by atoms with van der Waals surface area (Å²) in [6, 6.07) is 21.3. The van der Waals surface area contributed by atoms with E-state index in [1.165, 1.54) is 23.9 Å². The molecule has 0 saturated heterocycles. The van der Waals surface area contributed by atoms with Crippen LogP contribution in [0.1, 0.15) is 22.3 Å². The number of anilines is 1. The largest absolute Gasteiger partial charge is 0.478 e. The summed E-state index contributed by atoms with van der Waals surface area (Å²) in [5.74, 6) is -0.755. The number of pyridine rings is 1. The lowest BCUT2D eigenvalue weighted by atomic mass is 10.1. The van der Waals surface area contributed by atoms with Crippen LogP contribution in [0.25, 0.3) is 11.3 Å². The van der Waals surface area contributed by atoms with E-state index in [-0.39, 0.29) is 17.9 Å². The molecule has 3 aromatic rings. The van der Waals surface area contributed by atoms with E-state index in [4.69, 9.17) is 5.11 Å². The van der Waals surface area contributed by atoms with Crippen LogP contribution in [0.4, 0.5) is 5.69 Å². The van der Waals surface area contributed by atoms with Crippen molar-refractivity contribution in [3.05, 3.63) is 77.9 Å². The molecular formula is C22H17N3O3S. The highest BCUT2D eigenvalue weighted by atomic mass is 32.2. The van der Waals surface area contributed by atoms with Gasteiger partial charge >= 0.3 is 5.97 Å². The van der Waals surface area contributed by atoms with Crippen LogP contribution in [0, 0.1) is 11.3 Å². The van der Waals surface area contributed by atoms with Crippen molar-refractivity contribution in [3.63, 3.8) is 0 Å². The first-order valence-corrected chi connectivity index (χ1v) is 9.78. The molecule has 0 fully saturated rings. The third kappa shape index (κ3) is 5.43. The summed E-state index contributed by atoms with van der Waals surface area (Å²) >= 11 is 1.35. The molecule has 144 valence electrons. The van der Waals surface area contributed by atoms with E-state index in [1.807, 2.05) is 36.4 Å². The molecule has 0 aliphatic rings. The molecule has 0 bridgehead atoms. The summed E-state index contributed by atoms with van der Waals surface area (Å²) in [6.45, 7) is 0. The average molecular weight is 403 g/mol. The Morgan fingerprint density at radius 1 is 1.03 bits per heavy atom. The highest BCUT2D eigenvalue weighted by Gasteiger charge is 2.10. The normalized spacial score (nSPS) is 10.2. The first-order chi connectivity index (χ1) is 14.1. The summed E-state index contributed by atoms with van der Waals surface area (Å²) in [7, 11) is 0. The second-order valence-electron chi connectivity index (χ2n) is 6.06. The highest BCUT2D eigenvalue weighted by molar-refractivity contribution is 7.99. The van der Waals surface area contributed by atoms with Gasteiger partial charge in [-0.2, -0.15) is 5.26 Å². The number of nitriles is 1. The first-order valence-electron chi connectivity index (χ1n) is 8.79. The van der Waals surface area contributed by atoms with Gasteiger partial charge in [-0.15, -0.1) is 11.8 Å². The van der Waals surface area contributed by atoms with Crippen molar-refractivity contribution >= 4 is 29.3 Å². The van der Waals surface area contributed by atoms with Crippen LogP contribution in [0.15, 0.2) is 71.8 Å². The highest BCUT2D eigenvalue weighted by Crippen LogP contribution is 2.25. The number of benzene rings is 2. The van der Waals surface area contributed by atoms with Crippen LogP contribution in [0.3, 0.4) is 0 Å². The predicted octanol–water partition coefficient (Wildman–Crippen LogP) is 4.44. The Kier molecular flexibility index (Phi) is 6.61. The summed E-state index contributed by atoms with van der Waals surface area (Å²) in [5, 5.41) is 21.5. The molecular weight excluding hydrogens is 386 g/mol. The molecule has 2 N–H and O–H groups in total. The fourth-order valence-electron chi connectivity index (χ4n) is 2.57. The van der Waals surface area contributed by atoms with Crippen LogP contribution < -0.4 is 5.32 Å². The third-order valence-corrected chi connectivity index (χ3v) is 5.03. The van der Waals surface area contributed by atoms with E-state index in [1.54, 1.807) is 18.2 Å². The quantitative estimate of drug-likeness (QED) is 0.565. The van der Waals surface area contributed by atoms with Gasteiger partial charge in [0.25, 0.3) is 0 Å². The van der Waals surface area contributed by atoms with Crippen molar-refractivity contribution in [1.82, 2.24) is 4.98 Å². The number of carboxylic acids is 1.